The number of hydrogen-bond acceptors (Lipinski definition) is 8. The second-order valence-corrected chi connectivity index (χ2v) is 9.38. The molecule has 2 saturated heterocycles. The smallest absolute Gasteiger partial charge is 0.322 e. The van der Waals surface area contributed by atoms with E-state index in [1.165, 1.54) is 32.7 Å². The second kappa shape index (κ2) is 14.4. The minimum atomic E-state index is -0.750. The number of aromatic nitrogens is 1. The van der Waals surface area contributed by atoms with Gasteiger partial charge < -0.3 is 29.2 Å². The van der Waals surface area contributed by atoms with Crippen molar-refractivity contribution in [2.75, 3.05) is 53.9 Å². The maximum absolute atomic E-state index is 11.5. The highest BCUT2D eigenvalue weighted by molar-refractivity contribution is 6.04. The Kier molecular flexibility index (Phi) is 11.0. The van der Waals surface area contributed by atoms with E-state index in [0.717, 1.165) is 22.3 Å². The number of carbonyl (C=O) groups excluding carboxylic acids is 3. The van der Waals surface area contributed by atoms with Gasteiger partial charge in [0.05, 0.1) is 13.3 Å². The summed E-state index contributed by atoms with van der Waals surface area (Å²) in [4.78, 5) is 44.4. The Labute approximate surface area is 235 Å². The fourth-order valence-corrected chi connectivity index (χ4v) is 4.38. The van der Waals surface area contributed by atoms with Crippen LogP contribution in [-0.2, 0) is 11.3 Å². The number of methoxy groups -OCH3 is 1. The topological polar surface area (TPSA) is 120 Å². The second-order valence-electron chi connectivity index (χ2n) is 9.38. The number of nitrogens with zero attached hydrogens (tertiary/aromatic N) is 4. The SMILES string of the molecule is CC.CCN1CCN(C)CC1.COc1ccc2c(c1)C(=O)N(C)C2.O=C1NC(=O)C(c2cc3ccncc3o2)N1. The molecule has 0 aliphatic carbocycles. The summed E-state index contributed by atoms with van der Waals surface area (Å²) < 4.78 is 10.5. The van der Waals surface area contributed by atoms with Gasteiger partial charge in [-0.15, -0.1) is 0 Å². The molecule has 3 aliphatic heterocycles. The van der Waals surface area contributed by atoms with E-state index in [1.807, 2.05) is 26.0 Å². The highest BCUT2D eigenvalue weighted by Crippen LogP contribution is 2.26. The molecule has 0 radical (unpaired) electrons. The molecule has 0 bridgehead atoms. The normalized spacial score (nSPS) is 18.4. The number of rotatable bonds is 3. The molecule has 3 aliphatic rings. The van der Waals surface area contributed by atoms with Gasteiger partial charge in [-0.05, 0) is 43.4 Å². The first-order valence-electron chi connectivity index (χ1n) is 13.6. The van der Waals surface area contributed by atoms with Crippen LogP contribution in [0.25, 0.3) is 11.0 Å². The Morgan fingerprint density at radius 1 is 1.05 bits per heavy atom. The highest BCUT2D eigenvalue weighted by Gasteiger charge is 2.33. The molecule has 1 aromatic carbocycles. The largest absolute Gasteiger partial charge is 0.497 e. The van der Waals surface area contributed by atoms with Gasteiger partial charge in [-0.3, -0.25) is 19.9 Å². The summed E-state index contributed by atoms with van der Waals surface area (Å²) in [6.07, 6.45) is 3.20. The molecule has 216 valence electrons. The highest BCUT2D eigenvalue weighted by atomic mass is 16.5. The van der Waals surface area contributed by atoms with Gasteiger partial charge in [0.1, 0.15) is 11.5 Å². The van der Waals surface area contributed by atoms with E-state index in [2.05, 4.69) is 39.4 Å². The summed E-state index contributed by atoms with van der Waals surface area (Å²) in [5, 5.41) is 5.46. The maximum atomic E-state index is 11.5. The molecule has 11 heteroatoms. The average molecular weight is 553 g/mol. The van der Waals surface area contributed by atoms with Gasteiger partial charge in [0.2, 0.25) is 0 Å². The van der Waals surface area contributed by atoms with E-state index in [0.29, 0.717) is 17.9 Å². The monoisotopic (exact) mass is 552 g/mol. The third-order valence-corrected chi connectivity index (χ3v) is 6.75. The molecule has 0 spiro atoms. The first-order valence-corrected chi connectivity index (χ1v) is 13.6. The lowest BCUT2D eigenvalue weighted by atomic mass is 10.1. The summed E-state index contributed by atoms with van der Waals surface area (Å²) >= 11 is 0. The minimum absolute atomic E-state index is 0.0777. The molecule has 4 amide bonds. The molecule has 2 fully saturated rings. The van der Waals surface area contributed by atoms with Crippen LogP contribution in [0.3, 0.4) is 0 Å². The summed E-state index contributed by atoms with van der Waals surface area (Å²) in [5.74, 6) is 0.819. The van der Waals surface area contributed by atoms with Crippen LogP contribution < -0.4 is 15.4 Å². The van der Waals surface area contributed by atoms with Crippen LogP contribution in [0.15, 0.2) is 47.1 Å². The average Bonchev–Trinajstić information content (AvgIpc) is 3.64. The van der Waals surface area contributed by atoms with Crippen molar-refractivity contribution in [3.05, 3.63) is 59.6 Å². The molecule has 3 aromatic rings. The van der Waals surface area contributed by atoms with E-state index in [1.54, 1.807) is 49.7 Å². The van der Waals surface area contributed by atoms with Gasteiger partial charge in [-0.1, -0.05) is 26.8 Å². The summed E-state index contributed by atoms with van der Waals surface area (Å²) in [5.41, 5.74) is 2.43. The molecule has 2 N–H and O–H groups in total. The van der Waals surface area contributed by atoms with Crippen molar-refractivity contribution < 1.29 is 23.5 Å². The van der Waals surface area contributed by atoms with Gasteiger partial charge in [0.15, 0.2) is 11.6 Å². The minimum Gasteiger partial charge on any atom is -0.497 e. The van der Waals surface area contributed by atoms with Crippen molar-refractivity contribution in [1.29, 1.82) is 0 Å². The van der Waals surface area contributed by atoms with E-state index in [4.69, 9.17) is 9.15 Å². The molecule has 2 aromatic heterocycles. The van der Waals surface area contributed by atoms with Crippen molar-refractivity contribution >= 4 is 28.8 Å². The van der Waals surface area contributed by atoms with Crippen LogP contribution in [0, 0.1) is 0 Å². The molecule has 5 heterocycles. The standard InChI is InChI=1S/C10H7N3O3.C10H11NO2.C7H16N2.C2H6/c14-9-8(12-10(15)13-9)6-3-5-1-2-11-4-7(5)16-6;1-11-6-7-3-4-8(13-2)5-9(7)10(11)12;1-3-9-6-4-8(2)5-7-9;1-2/h1-4,8H,(H2,12,13,14,15);3-5H,6H2,1-2H3;3-7H2,1-2H3;1-2H3. The van der Waals surface area contributed by atoms with Crippen LogP contribution in [0.4, 0.5) is 4.79 Å². The zero-order valence-corrected chi connectivity index (χ0v) is 24.2. The molecule has 11 nitrogen and oxygen atoms in total. The lowest BCUT2D eigenvalue weighted by molar-refractivity contribution is -0.120. The quantitative estimate of drug-likeness (QED) is 0.475. The molecular formula is C29H40N6O5. The number of piperazine rings is 1. The molecule has 1 atom stereocenters. The number of furan rings is 1. The van der Waals surface area contributed by atoms with Crippen molar-refractivity contribution in [2.45, 2.75) is 33.4 Å². The molecule has 40 heavy (non-hydrogen) atoms. The van der Waals surface area contributed by atoms with Gasteiger partial charge in [0.25, 0.3) is 11.8 Å². The number of nitrogens with one attached hydrogen (secondary N) is 2. The Balaban J connectivity index is 0.000000166. The Morgan fingerprint density at radius 2 is 1.77 bits per heavy atom. The third kappa shape index (κ3) is 7.57. The third-order valence-electron chi connectivity index (χ3n) is 6.75. The Bertz CT molecular complexity index is 1270. The van der Waals surface area contributed by atoms with E-state index >= 15 is 0 Å². The number of fused-ring (bicyclic) bond motifs is 2. The number of pyridine rings is 1. The predicted octanol–water partition coefficient (Wildman–Crippen LogP) is 3.27. The summed E-state index contributed by atoms with van der Waals surface area (Å²) in [6, 6.07) is 7.85. The van der Waals surface area contributed by atoms with E-state index in [-0.39, 0.29) is 5.91 Å². The molecule has 6 rings (SSSR count). The lowest BCUT2D eigenvalue weighted by Crippen LogP contribution is -2.44. The number of ether oxygens (including phenoxy) is 1. The van der Waals surface area contributed by atoms with Gasteiger partial charge in [-0.2, -0.15) is 0 Å². The first-order chi connectivity index (χ1) is 19.3. The van der Waals surface area contributed by atoms with Crippen LogP contribution >= 0.6 is 0 Å². The van der Waals surface area contributed by atoms with Crippen LogP contribution in [0.1, 0.15) is 48.5 Å². The number of benzene rings is 1. The Hall–Kier alpha value is -3.96. The number of amides is 4. The number of likely N-dealkylation sites (N-methyl/N-ethyl adjacent to an activating group) is 2. The van der Waals surface area contributed by atoms with Crippen molar-refractivity contribution in [3.8, 4) is 5.75 Å². The van der Waals surface area contributed by atoms with Gasteiger partial charge in [0, 0.05) is 56.9 Å². The van der Waals surface area contributed by atoms with E-state index in [9.17, 15) is 14.4 Å². The number of hydrogen-bond donors (Lipinski definition) is 2. The number of imide groups is 1. The van der Waals surface area contributed by atoms with Crippen molar-refractivity contribution in [1.82, 2.24) is 30.3 Å². The van der Waals surface area contributed by atoms with Crippen molar-refractivity contribution in [3.63, 3.8) is 0 Å². The van der Waals surface area contributed by atoms with Gasteiger partial charge in [-0.25, -0.2) is 4.79 Å². The number of urea groups is 1. The van der Waals surface area contributed by atoms with Crippen LogP contribution in [0.5, 0.6) is 5.75 Å². The zero-order chi connectivity index (χ0) is 29.2. The Morgan fingerprint density at radius 3 is 2.38 bits per heavy atom. The molecule has 1 unspecified atom stereocenters. The molecular weight excluding hydrogens is 512 g/mol. The first kappa shape index (κ1) is 30.6. The van der Waals surface area contributed by atoms with Crippen LogP contribution in [-0.4, -0.2) is 91.5 Å². The fourth-order valence-electron chi connectivity index (χ4n) is 4.38. The van der Waals surface area contributed by atoms with Gasteiger partial charge >= 0.3 is 6.03 Å². The summed E-state index contributed by atoms with van der Waals surface area (Å²) in [6.45, 7) is 13.2. The molecule has 0 saturated carbocycles. The number of carbonyl (C=O) groups is 3. The lowest BCUT2D eigenvalue weighted by Gasteiger charge is -2.31. The van der Waals surface area contributed by atoms with Crippen LogP contribution in [0.2, 0.25) is 0 Å². The van der Waals surface area contributed by atoms with E-state index < -0.39 is 18.0 Å². The maximum Gasteiger partial charge on any atom is 0.322 e. The van der Waals surface area contributed by atoms with Crippen molar-refractivity contribution in [2.24, 2.45) is 0 Å². The zero-order valence-electron chi connectivity index (χ0n) is 24.2. The predicted molar refractivity (Wildman–Crippen MR) is 153 cm³/mol. The fraction of sp³-hybridized carbons (Fsp3) is 0.448. The summed E-state index contributed by atoms with van der Waals surface area (Å²) in [7, 11) is 5.59.